The van der Waals surface area contributed by atoms with E-state index in [9.17, 15) is 0 Å². The third-order valence-corrected chi connectivity index (χ3v) is 0.300. The monoisotopic (exact) mass is 92.0 g/mol. The lowest BCUT2D eigenvalue weighted by atomic mass is 13.2. The Kier molecular flexibility index (Phi) is 3.07. The molecule has 4 heavy (non-hydrogen) atoms. The molecule has 2 radical (unpaired) electrons. The van der Waals surface area contributed by atoms with Gasteiger partial charge in [-0.1, -0.05) is 9.04 Å². The van der Waals surface area contributed by atoms with Gasteiger partial charge in [-0.3, -0.25) is 0 Å². The Bertz CT molecular complexity index is 19.2. The average molecular weight is 92.1 g/mol. The summed E-state index contributed by atoms with van der Waals surface area (Å²) in [5.41, 5.74) is 0. The molecule has 0 bridgehead atoms. The van der Waals surface area contributed by atoms with Crippen molar-refractivity contribution in [3.63, 3.8) is 0 Å². The first kappa shape index (κ1) is 4.04. The van der Waals surface area contributed by atoms with Crippen LogP contribution >= 0.6 is 25.6 Å². The van der Waals surface area contributed by atoms with Crippen LogP contribution in [0.15, 0.2) is 9.04 Å². The van der Waals surface area contributed by atoms with Crippen molar-refractivity contribution in [3.05, 3.63) is 0 Å². The third-order valence-electron chi connectivity index (χ3n) is 0.0333. The molecule has 0 unspecified atom stereocenters. The lowest BCUT2D eigenvalue weighted by Crippen LogP contribution is -1.10. The maximum Gasteiger partial charge on any atom is 0.0663 e. The summed E-state index contributed by atoms with van der Waals surface area (Å²) in [5.74, 6) is 0. The fourth-order valence-corrected chi connectivity index (χ4v) is 0. The van der Waals surface area contributed by atoms with E-state index >= 15 is 0 Å². The van der Waals surface area contributed by atoms with Gasteiger partial charge in [0.25, 0.3) is 0 Å². The summed E-state index contributed by atoms with van der Waals surface area (Å²) in [6.45, 7) is 0. The maximum atomic E-state index is 3.91. The largest absolute Gasteiger partial charge is 0.0663 e. The van der Waals surface area contributed by atoms with Crippen LogP contribution in [-0.2, 0) is 0 Å². The van der Waals surface area contributed by atoms with Gasteiger partial charge in [-0.05, 0) is 0 Å². The predicted molar refractivity (Wildman–Crippen MR) is 20.0 cm³/mol. The summed E-state index contributed by atoms with van der Waals surface area (Å²) in [5, 5.41) is 0. The van der Waals surface area contributed by atoms with Crippen LogP contribution in [0.5, 0.6) is 0 Å². The third kappa shape index (κ3) is 2.04. The predicted octanol–water partition coefficient (Wildman–Crippen LogP) is 1.66. The molecule has 0 aliphatic heterocycles. The van der Waals surface area contributed by atoms with Gasteiger partial charge < -0.3 is 0 Å². The minimum absolute atomic E-state index is 2.76. The summed E-state index contributed by atoms with van der Waals surface area (Å²) >= 11 is 7.81. The maximum absolute atomic E-state index is 3.91. The molecule has 0 rings (SSSR count). The molecule has 0 aromatic carbocycles. The van der Waals surface area contributed by atoms with Gasteiger partial charge in [0, 0.05) is 0 Å². The van der Waals surface area contributed by atoms with Crippen molar-refractivity contribution < 1.29 is 0 Å². The second-order valence-corrected chi connectivity index (χ2v) is 0.490. The van der Waals surface area contributed by atoms with E-state index in [4.69, 9.17) is 0 Å². The Morgan fingerprint density at radius 1 is 1.00 bits per heavy atom. The minimum Gasteiger partial charge on any atom is -0.0663 e. The Morgan fingerprint density at radius 3 is 1.25 bits per heavy atom. The van der Waals surface area contributed by atoms with Crippen LogP contribution in [0, 0.1) is 0 Å². The minimum atomic E-state index is 2.76. The van der Waals surface area contributed by atoms with Crippen molar-refractivity contribution in [1.82, 2.24) is 0 Å². The van der Waals surface area contributed by atoms with Gasteiger partial charge >= 0.3 is 0 Å². The molecule has 0 aromatic rings. The first-order valence-electron chi connectivity index (χ1n) is 0.565. The van der Waals surface area contributed by atoms with Gasteiger partial charge in [0.15, 0.2) is 0 Å². The van der Waals surface area contributed by atoms with Crippen LogP contribution in [0.2, 0.25) is 0 Å². The van der Waals surface area contributed by atoms with E-state index in [1.165, 1.54) is 0 Å². The zero-order valence-electron chi connectivity index (χ0n) is 1.71. The van der Waals surface area contributed by atoms with Gasteiger partial charge in [-0.25, -0.2) is 0 Å². The lowest BCUT2D eigenvalue weighted by molar-refractivity contribution is 1.56. The number of rotatable bonds is 0. The molecule has 0 aliphatic rings. The quantitative estimate of drug-likeness (QED) is 0.406. The second-order valence-electron chi connectivity index (χ2n) is 0.163. The molecule has 0 fully saturated rings. The topological polar surface area (TPSA) is 24.7 Å². The van der Waals surface area contributed by atoms with Gasteiger partial charge in [0.1, 0.15) is 0 Å². The molecule has 0 heterocycles. The first-order chi connectivity index (χ1) is 1.91. The van der Waals surface area contributed by atoms with Crippen molar-refractivity contribution in [1.29, 1.82) is 0 Å². The van der Waals surface area contributed by atoms with Gasteiger partial charge in [0.05, 0.1) is 25.6 Å². The molecule has 0 saturated carbocycles. The molecule has 0 amide bonds. The van der Waals surface area contributed by atoms with E-state index in [-0.39, 0.29) is 0 Å². The summed E-state index contributed by atoms with van der Waals surface area (Å²) < 4.78 is 5.52. The Labute approximate surface area is 35.4 Å². The van der Waals surface area contributed by atoms with E-state index in [1.807, 2.05) is 0 Å². The SMILES string of the molecule is [S]N=N[S]. The molecule has 2 nitrogen and oxygen atoms in total. The molecule has 22 valence electrons. The van der Waals surface area contributed by atoms with Crippen molar-refractivity contribution in [2.75, 3.05) is 0 Å². The highest BCUT2D eigenvalue weighted by Gasteiger charge is 1.40. The van der Waals surface area contributed by atoms with Crippen molar-refractivity contribution in [2.24, 2.45) is 9.04 Å². The molecule has 0 atom stereocenters. The highest BCUT2D eigenvalue weighted by molar-refractivity contribution is 7.81. The van der Waals surface area contributed by atoms with Crippen LogP contribution in [0.4, 0.5) is 0 Å². The zero-order valence-corrected chi connectivity index (χ0v) is 3.34. The van der Waals surface area contributed by atoms with Crippen molar-refractivity contribution in [2.45, 2.75) is 0 Å². The Balaban J connectivity index is 2.55. The van der Waals surface area contributed by atoms with E-state index in [2.05, 4.69) is 34.7 Å². The smallest absolute Gasteiger partial charge is 0.0663 e. The average Bonchev–Trinajstić information content (AvgIpc) is 1.37. The second kappa shape index (κ2) is 3.04. The number of nitrogens with zero attached hydrogens (tertiary/aromatic N) is 2. The Morgan fingerprint density at radius 2 is 1.25 bits per heavy atom. The van der Waals surface area contributed by atoms with Gasteiger partial charge in [0.2, 0.25) is 0 Å². The fraction of sp³-hybridized carbons (Fsp3) is 0. The van der Waals surface area contributed by atoms with Crippen LogP contribution in [0.1, 0.15) is 0 Å². The standard InChI is InChI=1S/N2S2/c3-1-2-4. The molecule has 0 saturated heterocycles. The van der Waals surface area contributed by atoms with Crippen LogP contribution < -0.4 is 0 Å². The lowest BCUT2D eigenvalue weighted by Gasteiger charge is -1.44. The van der Waals surface area contributed by atoms with E-state index in [0.717, 1.165) is 0 Å². The molecular formula is N2S2. The van der Waals surface area contributed by atoms with Gasteiger partial charge in [-0.15, -0.1) is 0 Å². The number of hydrogen-bond acceptors (Lipinski definition) is 2. The highest BCUT2D eigenvalue weighted by atomic mass is 32.1. The molecule has 0 spiro atoms. The summed E-state index contributed by atoms with van der Waals surface area (Å²) in [7, 11) is 0. The highest BCUT2D eigenvalue weighted by Crippen LogP contribution is 1.78. The van der Waals surface area contributed by atoms with E-state index in [1.54, 1.807) is 0 Å². The molecular weight excluding hydrogens is 92.1 g/mol. The molecule has 4 heteroatoms. The normalized spacial score (nSPS) is 9.00. The summed E-state index contributed by atoms with van der Waals surface area (Å²) in [4.78, 5) is 0. The van der Waals surface area contributed by atoms with Crippen LogP contribution in [-0.4, -0.2) is 0 Å². The zero-order chi connectivity index (χ0) is 3.41. The van der Waals surface area contributed by atoms with Crippen molar-refractivity contribution >= 4 is 25.6 Å². The first-order valence-corrected chi connectivity index (χ1v) is 1.30. The molecule has 0 aromatic heterocycles. The van der Waals surface area contributed by atoms with Crippen LogP contribution in [0.3, 0.4) is 0 Å². The van der Waals surface area contributed by atoms with Crippen LogP contribution in [0.25, 0.3) is 0 Å². The number of hydrogen-bond donors (Lipinski definition) is 0. The molecule has 0 aliphatic carbocycles. The van der Waals surface area contributed by atoms with E-state index in [0.29, 0.717) is 0 Å². The summed E-state index contributed by atoms with van der Waals surface area (Å²) in [6, 6.07) is 0. The molecule has 0 N–H and O–H groups in total. The Hall–Kier alpha value is 0.0400. The fourth-order valence-electron chi connectivity index (χ4n) is 0. The van der Waals surface area contributed by atoms with Crippen molar-refractivity contribution in [3.8, 4) is 0 Å². The summed E-state index contributed by atoms with van der Waals surface area (Å²) in [6.07, 6.45) is 0. The van der Waals surface area contributed by atoms with E-state index < -0.39 is 0 Å². The van der Waals surface area contributed by atoms with Gasteiger partial charge in [-0.2, -0.15) is 0 Å².